The predicted octanol–water partition coefficient (Wildman–Crippen LogP) is 4.34. The van der Waals surface area contributed by atoms with Crippen molar-refractivity contribution in [1.82, 2.24) is 15.0 Å². The molecule has 0 radical (unpaired) electrons. The van der Waals surface area contributed by atoms with Crippen LogP contribution in [-0.4, -0.2) is 34.0 Å². The van der Waals surface area contributed by atoms with Crippen molar-refractivity contribution in [1.29, 1.82) is 0 Å². The molecule has 1 aromatic heterocycles. The SMILES string of the molecule is Cc1ccc(C)c(NC(=O)C2CCN(Cc3nc(-c4ccc(F)cc4)no3)CC2)c1. The maximum Gasteiger partial charge on any atom is 0.241 e. The van der Waals surface area contributed by atoms with Crippen LogP contribution in [-0.2, 0) is 11.3 Å². The van der Waals surface area contributed by atoms with E-state index in [-0.39, 0.29) is 17.6 Å². The molecule has 1 aliphatic heterocycles. The summed E-state index contributed by atoms with van der Waals surface area (Å²) < 4.78 is 18.4. The van der Waals surface area contributed by atoms with Gasteiger partial charge in [0.25, 0.3) is 0 Å². The number of rotatable bonds is 5. The fourth-order valence-electron chi connectivity index (χ4n) is 3.69. The Hall–Kier alpha value is -3.06. The number of likely N-dealkylation sites (tertiary alicyclic amines) is 1. The molecule has 1 fully saturated rings. The maximum absolute atomic E-state index is 13.1. The number of aromatic nitrogens is 2. The molecule has 0 spiro atoms. The van der Waals surface area contributed by atoms with Crippen LogP contribution in [0.15, 0.2) is 47.0 Å². The van der Waals surface area contributed by atoms with Crippen molar-refractivity contribution in [3.05, 3.63) is 65.3 Å². The molecular formula is C23H25FN4O2. The van der Waals surface area contributed by atoms with Crippen molar-refractivity contribution in [2.75, 3.05) is 18.4 Å². The van der Waals surface area contributed by atoms with Crippen LogP contribution in [0.2, 0.25) is 0 Å². The van der Waals surface area contributed by atoms with Crippen LogP contribution in [0.3, 0.4) is 0 Å². The predicted molar refractivity (Wildman–Crippen MR) is 112 cm³/mol. The van der Waals surface area contributed by atoms with Gasteiger partial charge in [0.2, 0.25) is 17.6 Å². The minimum Gasteiger partial charge on any atom is -0.338 e. The Balaban J connectivity index is 1.30. The maximum atomic E-state index is 13.1. The molecule has 0 aliphatic carbocycles. The first-order chi connectivity index (χ1) is 14.5. The summed E-state index contributed by atoms with van der Waals surface area (Å²) >= 11 is 0. The highest BCUT2D eigenvalue weighted by molar-refractivity contribution is 5.93. The van der Waals surface area contributed by atoms with Gasteiger partial charge in [0.1, 0.15) is 5.82 Å². The molecule has 2 heterocycles. The third-order valence-corrected chi connectivity index (χ3v) is 5.54. The van der Waals surface area contributed by atoms with Gasteiger partial charge in [-0.2, -0.15) is 4.98 Å². The monoisotopic (exact) mass is 408 g/mol. The Morgan fingerprint density at radius 3 is 2.63 bits per heavy atom. The van der Waals surface area contributed by atoms with Crippen LogP contribution in [0.4, 0.5) is 10.1 Å². The number of benzene rings is 2. The standard InChI is InChI=1S/C23H25FN4O2/c1-15-3-4-16(2)20(13-15)25-23(29)18-9-11-28(12-10-18)14-21-26-22(27-30-21)17-5-7-19(24)8-6-17/h3-8,13,18H,9-12,14H2,1-2H3,(H,25,29). The summed E-state index contributed by atoms with van der Waals surface area (Å²) in [7, 11) is 0. The van der Waals surface area contributed by atoms with E-state index in [4.69, 9.17) is 4.52 Å². The Labute approximate surface area is 175 Å². The molecule has 1 N–H and O–H groups in total. The van der Waals surface area contributed by atoms with E-state index in [1.165, 1.54) is 12.1 Å². The number of piperidine rings is 1. The van der Waals surface area contributed by atoms with E-state index in [1.54, 1.807) is 12.1 Å². The molecule has 1 aliphatic rings. The average molecular weight is 408 g/mol. The molecular weight excluding hydrogens is 383 g/mol. The molecule has 0 saturated carbocycles. The second-order valence-electron chi connectivity index (χ2n) is 7.88. The number of hydrogen-bond acceptors (Lipinski definition) is 5. The van der Waals surface area contributed by atoms with E-state index in [0.717, 1.165) is 42.7 Å². The summed E-state index contributed by atoms with van der Waals surface area (Å²) in [6, 6.07) is 12.1. The van der Waals surface area contributed by atoms with Gasteiger partial charge in [0, 0.05) is 17.2 Å². The zero-order valence-corrected chi connectivity index (χ0v) is 17.2. The Morgan fingerprint density at radius 2 is 1.90 bits per heavy atom. The van der Waals surface area contributed by atoms with Crippen LogP contribution in [0.1, 0.15) is 29.9 Å². The summed E-state index contributed by atoms with van der Waals surface area (Å²) in [6.07, 6.45) is 1.57. The van der Waals surface area contributed by atoms with Crippen LogP contribution in [0, 0.1) is 25.6 Å². The van der Waals surface area contributed by atoms with Gasteiger partial charge >= 0.3 is 0 Å². The molecule has 2 aromatic carbocycles. The van der Waals surface area contributed by atoms with Crippen molar-refractivity contribution < 1.29 is 13.7 Å². The lowest BCUT2D eigenvalue weighted by Gasteiger charge is -2.30. The number of nitrogens with zero attached hydrogens (tertiary/aromatic N) is 3. The minimum absolute atomic E-state index is 0.00127. The molecule has 30 heavy (non-hydrogen) atoms. The number of anilines is 1. The van der Waals surface area contributed by atoms with Gasteiger partial charge in [0.15, 0.2) is 0 Å². The van der Waals surface area contributed by atoms with Gasteiger partial charge < -0.3 is 9.84 Å². The smallest absolute Gasteiger partial charge is 0.241 e. The van der Waals surface area contributed by atoms with Gasteiger partial charge in [0.05, 0.1) is 6.54 Å². The number of halogens is 1. The lowest BCUT2D eigenvalue weighted by atomic mass is 9.95. The Morgan fingerprint density at radius 1 is 1.17 bits per heavy atom. The lowest BCUT2D eigenvalue weighted by Crippen LogP contribution is -2.37. The summed E-state index contributed by atoms with van der Waals surface area (Å²) in [5, 5.41) is 7.07. The number of carbonyl (C=O) groups excluding carboxylic acids is 1. The number of amides is 1. The summed E-state index contributed by atoms with van der Waals surface area (Å²) in [6.45, 7) is 6.15. The highest BCUT2D eigenvalue weighted by Crippen LogP contribution is 2.23. The van der Waals surface area contributed by atoms with Crippen molar-refractivity contribution in [2.45, 2.75) is 33.2 Å². The first-order valence-electron chi connectivity index (χ1n) is 10.2. The molecule has 4 rings (SSSR count). The van der Waals surface area contributed by atoms with E-state index >= 15 is 0 Å². The fraction of sp³-hybridized carbons (Fsp3) is 0.348. The van der Waals surface area contributed by atoms with E-state index in [1.807, 2.05) is 32.0 Å². The third kappa shape index (κ3) is 4.74. The van der Waals surface area contributed by atoms with Gasteiger partial charge in [-0.25, -0.2) is 4.39 Å². The van der Waals surface area contributed by atoms with Crippen LogP contribution in [0.5, 0.6) is 0 Å². The first kappa shape index (κ1) is 20.2. The van der Waals surface area contributed by atoms with Gasteiger partial charge in [-0.3, -0.25) is 9.69 Å². The van der Waals surface area contributed by atoms with E-state index in [2.05, 4.69) is 20.4 Å². The van der Waals surface area contributed by atoms with Crippen molar-refractivity contribution in [3.63, 3.8) is 0 Å². The second kappa shape index (κ2) is 8.75. The van der Waals surface area contributed by atoms with Gasteiger partial charge in [-0.05, 0) is 81.2 Å². The van der Waals surface area contributed by atoms with Gasteiger partial charge in [-0.1, -0.05) is 17.3 Å². The number of nitrogens with one attached hydrogen (secondary N) is 1. The molecule has 3 aromatic rings. The zero-order chi connectivity index (χ0) is 21.1. The van der Waals surface area contributed by atoms with Crippen molar-refractivity contribution in [3.8, 4) is 11.4 Å². The zero-order valence-electron chi connectivity index (χ0n) is 17.2. The average Bonchev–Trinajstić information content (AvgIpc) is 3.20. The molecule has 6 nitrogen and oxygen atoms in total. The molecule has 0 bridgehead atoms. The van der Waals surface area contributed by atoms with Crippen LogP contribution < -0.4 is 5.32 Å². The topological polar surface area (TPSA) is 71.3 Å². The number of aryl methyl sites for hydroxylation is 2. The summed E-state index contributed by atoms with van der Waals surface area (Å²) in [5.41, 5.74) is 3.81. The number of carbonyl (C=O) groups is 1. The van der Waals surface area contributed by atoms with Crippen molar-refractivity contribution >= 4 is 11.6 Å². The Kier molecular flexibility index (Phi) is 5.90. The van der Waals surface area contributed by atoms with E-state index in [9.17, 15) is 9.18 Å². The summed E-state index contributed by atoms with van der Waals surface area (Å²) in [4.78, 5) is 19.3. The van der Waals surface area contributed by atoms with Crippen LogP contribution in [0.25, 0.3) is 11.4 Å². The molecule has 1 saturated heterocycles. The normalized spacial score (nSPS) is 15.3. The summed E-state index contributed by atoms with van der Waals surface area (Å²) in [5.74, 6) is 0.755. The Bertz CT molecular complexity index is 1020. The largest absolute Gasteiger partial charge is 0.338 e. The molecule has 0 unspecified atom stereocenters. The quantitative estimate of drug-likeness (QED) is 0.680. The minimum atomic E-state index is -0.299. The number of hydrogen-bond donors (Lipinski definition) is 1. The van der Waals surface area contributed by atoms with E-state index < -0.39 is 0 Å². The van der Waals surface area contributed by atoms with Gasteiger partial charge in [-0.15, -0.1) is 0 Å². The molecule has 0 atom stereocenters. The van der Waals surface area contributed by atoms with E-state index in [0.29, 0.717) is 23.8 Å². The second-order valence-corrected chi connectivity index (χ2v) is 7.88. The lowest BCUT2D eigenvalue weighted by molar-refractivity contribution is -0.121. The van der Waals surface area contributed by atoms with Crippen molar-refractivity contribution in [2.24, 2.45) is 5.92 Å². The first-order valence-corrected chi connectivity index (χ1v) is 10.2. The fourth-order valence-corrected chi connectivity index (χ4v) is 3.69. The van der Waals surface area contributed by atoms with Crippen LogP contribution >= 0.6 is 0 Å². The highest BCUT2D eigenvalue weighted by atomic mass is 19.1. The highest BCUT2D eigenvalue weighted by Gasteiger charge is 2.26. The third-order valence-electron chi connectivity index (χ3n) is 5.54. The molecule has 1 amide bonds. The molecule has 7 heteroatoms. The molecule has 156 valence electrons.